The van der Waals surface area contributed by atoms with Gasteiger partial charge in [-0.05, 0) is 82.2 Å². The number of rotatable bonds is 9. The first kappa shape index (κ1) is 19.9. The van der Waals surface area contributed by atoms with E-state index in [4.69, 9.17) is 4.74 Å². The van der Waals surface area contributed by atoms with Crippen molar-refractivity contribution in [3.63, 3.8) is 0 Å². The first-order chi connectivity index (χ1) is 11.4. The summed E-state index contributed by atoms with van der Waals surface area (Å²) >= 11 is 1.85. The number of ether oxygens (including phenoxy) is 1. The van der Waals surface area contributed by atoms with Crippen LogP contribution in [0.2, 0.25) is 0 Å². The van der Waals surface area contributed by atoms with Crippen LogP contribution in [0.25, 0.3) is 0 Å². The fourth-order valence-electron chi connectivity index (χ4n) is 3.97. The highest BCUT2D eigenvalue weighted by Gasteiger charge is 2.33. The van der Waals surface area contributed by atoms with Crippen molar-refractivity contribution in [2.45, 2.75) is 78.4 Å². The maximum absolute atomic E-state index is 5.95. The maximum atomic E-state index is 5.95. The lowest BCUT2D eigenvalue weighted by Crippen LogP contribution is -2.37. The molecule has 24 heavy (non-hydrogen) atoms. The van der Waals surface area contributed by atoms with E-state index < -0.39 is 0 Å². The lowest BCUT2D eigenvalue weighted by molar-refractivity contribution is -0.0840. The Morgan fingerprint density at radius 1 is 1.25 bits per heavy atom. The quantitative estimate of drug-likeness (QED) is 0.585. The molecule has 1 aromatic rings. The molecule has 0 saturated carbocycles. The third kappa shape index (κ3) is 6.50. The Labute approximate surface area is 153 Å². The van der Waals surface area contributed by atoms with E-state index in [9.17, 15) is 0 Å². The van der Waals surface area contributed by atoms with E-state index in [1.165, 1.54) is 37.0 Å². The Kier molecular flexibility index (Phi) is 7.77. The summed E-state index contributed by atoms with van der Waals surface area (Å²) in [6, 6.07) is 4.86. The van der Waals surface area contributed by atoms with E-state index >= 15 is 0 Å². The van der Waals surface area contributed by atoms with Crippen molar-refractivity contribution < 1.29 is 4.74 Å². The molecule has 1 saturated heterocycles. The van der Waals surface area contributed by atoms with Gasteiger partial charge in [0.15, 0.2) is 0 Å². The van der Waals surface area contributed by atoms with Crippen LogP contribution in [-0.4, -0.2) is 18.8 Å². The molecule has 0 bridgehead atoms. The molecule has 0 unspecified atom stereocenters. The molecule has 1 fully saturated rings. The van der Waals surface area contributed by atoms with E-state index in [-0.39, 0.29) is 5.60 Å². The topological polar surface area (TPSA) is 21.3 Å². The molecule has 0 aliphatic carbocycles. The first-order valence-corrected chi connectivity index (χ1v) is 10.7. The third-order valence-corrected chi connectivity index (χ3v) is 6.51. The van der Waals surface area contributed by atoms with E-state index in [0.29, 0.717) is 6.04 Å². The lowest BCUT2D eigenvalue weighted by atomic mass is 9.75. The van der Waals surface area contributed by atoms with Crippen LogP contribution in [0.3, 0.4) is 0 Å². The van der Waals surface area contributed by atoms with Crippen molar-refractivity contribution in [2.24, 2.45) is 17.8 Å². The number of nitrogens with one attached hydrogen (secondary N) is 1. The van der Waals surface area contributed by atoms with Gasteiger partial charge >= 0.3 is 0 Å². The molecule has 2 heterocycles. The SMILES string of the molecule is CC(C)CC[C@@H](CCN[C@H](C)c1cccs1)[C@@H]1CCOC(C)(C)C1. The molecule has 0 spiro atoms. The average molecular weight is 352 g/mol. The van der Waals surface area contributed by atoms with Gasteiger partial charge in [0.1, 0.15) is 0 Å². The summed E-state index contributed by atoms with van der Waals surface area (Å²) in [6.07, 6.45) is 6.47. The maximum Gasteiger partial charge on any atom is 0.0629 e. The predicted molar refractivity (Wildman–Crippen MR) is 106 cm³/mol. The normalized spacial score (nSPS) is 23.3. The Morgan fingerprint density at radius 2 is 2.04 bits per heavy atom. The van der Waals surface area contributed by atoms with Crippen LogP contribution in [0, 0.1) is 17.8 Å². The van der Waals surface area contributed by atoms with Gasteiger partial charge < -0.3 is 10.1 Å². The minimum Gasteiger partial charge on any atom is -0.376 e. The second-order valence-corrected chi connectivity index (χ2v) is 9.55. The molecule has 1 aliphatic rings. The van der Waals surface area contributed by atoms with Crippen LogP contribution >= 0.6 is 11.3 Å². The van der Waals surface area contributed by atoms with Crippen molar-refractivity contribution >= 4 is 11.3 Å². The number of hydrogen-bond donors (Lipinski definition) is 1. The largest absolute Gasteiger partial charge is 0.376 e. The summed E-state index contributed by atoms with van der Waals surface area (Å²) < 4.78 is 5.95. The first-order valence-electron chi connectivity index (χ1n) is 9.78. The molecule has 1 aromatic heterocycles. The number of hydrogen-bond acceptors (Lipinski definition) is 3. The van der Waals surface area contributed by atoms with Crippen LogP contribution in [0.15, 0.2) is 17.5 Å². The van der Waals surface area contributed by atoms with Gasteiger partial charge in [0.25, 0.3) is 0 Å². The average Bonchev–Trinajstić information content (AvgIpc) is 3.03. The summed E-state index contributed by atoms with van der Waals surface area (Å²) in [4.78, 5) is 1.45. The molecule has 138 valence electrons. The van der Waals surface area contributed by atoms with Gasteiger partial charge in [0, 0.05) is 17.5 Å². The zero-order valence-corrected chi connectivity index (χ0v) is 17.1. The highest BCUT2D eigenvalue weighted by Crippen LogP contribution is 2.37. The standard InChI is InChI=1S/C21H37NOS/c1-16(2)8-9-18(19-11-13-23-21(4,5)15-19)10-12-22-17(3)20-7-6-14-24-20/h6-7,14,16-19,22H,8-13,15H2,1-5H3/t17-,18+,19-/m1/s1. The molecule has 1 N–H and O–H groups in total. The van der Waals surface area contributed by atoms with Gasteiger partial charge in [-0.2, -0.15) is 0 Å². The molecule has 1 aliphatic heterocycles. The highest BCUT2D eigenvalue weighted by molar-refractivity contribution is 7.10. The molecule has 0 amide bonds. The Bertz CT molecular complexity index is 454. The van der Waals surface area contributed by atoms with Crippen molar-refractivity contribution in [1.29, 1.82) is 0 Å². The van der Waals surface area contributed by atoms with Gasteiger partial charge in [-0.15, -0.1) is 11.3 Å². The molecular weight excluding hydrogens is 314 g/mol. The molecule has 3 atom stereocenters. The van der Waals surface area contributed by atoms with Gasteiger partial charge in [-0.1, -0.05) is 26.3 Å². The summed E-state index contributed by atoms with van der Waals surface area (Å²) in [5.41, 5.74) is 0.0662. The summed E-state index contributed by atoms with van der Waals surface area (Å²) in [5.74, 6) is 2.46. The van der Waals surface area contributed by atoms with Crippen LogP contribution in [-0.2, 0) is 4.74 Å². The van der Waals surface area contributed by atoms with E-state index in [2.05, 4.69) is 57.4 Å². The summed E-state index contributed by atoms with van der Waals surface area (Å²) in [6.45, 7) is 13.6. The molecule has 0 aromatic carbocycles. The minimum atomic E-state index is 0.0662. The van der Waals surface area contributed by atoms with E-state index in [1.54, 1.807) is 0 Å². The number of thiophene rings is 1. The predicted octanol–water partition coefficient (Wildman–Crippen LogP) is 6.05. The minimum absolute atomic E-state index is 0.0662. The third-order valence-electron chi connectivity index (χ3n) is 5.45. The Hall–Kier alpha value is -0.380. The highest BCUT2D eigenvalue weighted by atomic mass is 32.1. The lowest BCUT2D eigenvalue weighted by Gasteiger charge is -2.39. The smallest absolute Gasteiger partial charge is 0.0629 e. The monoisotopic (exact) mass is 351 g/mol. The Balaban J connectivity index is 1.85. The van der Waals surface area contributed by atoms with Crippen LogP contribution < -0.4 is 5.32 Å². The van der Waals surface area contributed by atoms with Crippen molar-refractivity contribution in [3.05, 3.63) is 22.4 Å². The second-order valence-electron chi connectivity index (χ2n) is 8.57. The van der Waals surface area contributed by atoms with Gasteiger partial charge in [-0.25, -0.2) is 0 Å². The zero-order valence-electron chi connectivity index (χ0n) is 16.3. The van der Waals surface area contributed by atoms with Gasteiger partial charge in [0.2, 0.25) is 0 Å². The van der Waals surface area contributed by atoms with Crippen molar-refractivity contribution in [3.8, 4) is 0 Å². The van der Waals surface area contributed by atoms with E-state index in [1.807, 2.05) is 11.3 Å². The molecule has 2 nitrogen and oxygen atoms in total. The molecule has 0 radical (unpaired) electrons. The van der Waals surface area contributed by atoms with E-state index in [0.717, 1.165) is 30.9 Å². The van der Waals surface area contributed by atoms with Crippen molar-refractivity contribution in [2.75, 3.05) is 13.2 Å². The van der Waals surface area contributed by atoms with Crippen LogP contribution in [0.5, 0.6) is 0 Å². The molecular formula is C21H37NOS. The zero-order chi connectivity index (χ0) is 17.6. The fraction of sp³-hybridized carbons (Fsp3) is 0.810. The molecule has 3 heteroatoms. The van der Waals surface area contributed by atoms with Gasteiger partial charge in [-0.3, -0.25) is 0 Å². The van der Waals surface area contributed by atoms with Gasteiger partial charge in [0.05, 0.1) is 5.60 Å². The van der Waals surface area contributed by atoms with Crippen molar-refractivity contribution in [1.82, 2.24) is 5.32 Å². The summed E-state index contributed by atoms with van der Waals surface area (Å²) in [7, 11) is 0. The second kappa shape index (κ2) is 9.35. The van der Waals surface area contributed by atoms with Crippen LogP contribution in [0.1, 0.15) is 77.6 Å². The van der Waals surface area contributed by atoms with Crippen LogP contribution in [0.4, 0.5) is 0 Å². The Morgan fingerprint density at radius 3 is 2.67 bits per heavy atom. The molecule has 2 rings (SSSR count). The summed E-state index contributed by atoms with van der Waals surface area (Å²) in [5, 5.41) is 5.91. The fourth-order valence-corrected chi connectivity index (χ4v) is 4.73.